The van der Waals surface area contributed by atoms with Crippen LogP contribution in [0.2, 0.25) is 5.02 Å². The molecule has 18 heavy (non-hydrogen) atoms. The maximum Gasteiger partial charge on any atom is 0.272 e. The molecule has 6 heteroatoms. The van der Waals surface area contributed by atoms with Crippen molar-refractivity contribution in [1.82, 2.24) is 4.98 Å². The number of anilines is 1. The summed E-state index contributed by atoms with van der Waals surface area (Å²) in [6.07, 6.45) is 1.68. The van der Waals surface area contributed by atoms with Gasteiger partial charge < -0.3 is 15.0 Å². The van der Waals surface area contributed by atoms with Crippen molar-refractivity contribution in [3.8, 4) is 5.75 Å². The van der Waals surface area contributed by atoms with Crippen LogP contribution in [0.25, 0.3) is 0 Å². The predicted octanol–water partition coefficient (Wildman–Crippen LogP) is 3.69. The minimum Gasteiger partial charge on any atom is -0.497 e. The summed E-state index contributed by atoms with van der Waals surface area (Å²) < 4.78 is 5.89. The molecule has 0 saturated carbocycles. The van der Waals surface area contributed by atoms with Crippen molar-refractivity contribution in [2.45, 2.75) is 0 Å². The Bertz CT molecular complexity index is 583. The number of rotatable bonds is 3. The van der Waals surface area contributed by atoms with Gasteiger partial charge in [0.15, 0.2) is 0 Å². The molecule has 1 aromatic heterocycles. The predicted molar refractivity (Wildman–Crippen MR) is 74.4 cm³/mol. The minimum absolute atomic E-state index is 0.268. The molecular weight excluding hydrogens is 320 g/mol. The Labute approximate surface area is 117 Å². The molecule has 2 aromatic rings. The molecule has 0 fully saturated rings. The zero-order chi connectivity index (χ0) is 13.1. The Morgan fingerprint density at radius 1 is 1.44 bits per heavy atom. The number of H-pyrrole nitrogens is 1. The Morgan fingerprint density at radius 2 is 2.22 bits per heavy atom. The van der Waals surface area contributed by atoms with E-state index in [0.717, 1.165) is 4.47 Å². The lowest BCUT2D eigenvalue weighted by atomic mass is 10.3. The van der Waals surface area contributed by atoms with Crippen molar-refractivity contribution in [2.24, 2.45) is 0 Å². The third kappa shape index (κ3) is 2.86. The zero-order valence-electron chi connectivity index (χ0n) is 9.46. The molecule has 0 aliphatic heterocycles. The summed E-state index contributed by atoms with van der Waals surface area (Å²) in [5.74, 6) is 0.359. The van der Waals surface area contributed by atoms with Crippen LogP contribution >= 0.6 is 27.5 Å². The monoisotopic (exact) mass is 328 g/mol. The zero-order valence-corrected chi connectivity index (χ0v) is 11.8. The number of nitrogens with one attached hydrogen (secondary N) is 2. The number of aromatic nitrogens is 1. The highest BCUT2D eigenvalue weighted by Crippen LogP contribution is 2.27. The van der Waals surface area contributed by atoms with Gasteiger partial charge in [-0.25, -0.2) is 0 Å². The maximum absolute atomic E-state index is 11.9. The van der Waals surface area contributed by atoms with E-state index in [-0.39, 0.29) is 5.91 Å². The van der Waals surface area contributed by atoms with Crippen LogP contribution < -0.4 is 10.1 Å². The van der Waals surface area contributed by atoms with Gasteiger partial charge in [-0.2, -0.15) is 0 Å². The molecule has 0 radical (unpaired) electrons. The van der Waals surface area contributed by atoms with Crippen LogP contribution in [-0.4, -0.2) is 18.0 Å². The number of carbonyl (C=O) groups is 1. The van der Waals surface area contributed by atoms with Crippen LogP contribution in [0, 0.1) is 0 Å². The Hall–Kier alpha value is -1.46. The lowest BCUT2D eigenvalue weighted by Gasteiger charge is -2.08. The van der Waals surface area contributed by atoms with E-state index in [1.165, 1.54) is 0 Å². The van der Waals surface area contributed by atoms with Crippen LogP contribution in [0.3, 0.4) is 0 Å². The highest BCUT2D eigenvalue weighted by Gasteiger charge is 2.11. The second-order valence-corrected chi connectivity index (χ2v) is 4.85. The molecule has 1 amide bonds. The summed E-state index contributed by atoms with van der Waals surface area (Å²) in [5.41, 5.74) is 0.951. The molecule has 0 aliphatic rings. The fraction of sp³-hybridized carbons (Fsp3) is 0.0833. The molecule has 0 spiro atoms. The molecule has 0 saturated heterocycles. The molecule has 2 N–H and O–H groups in total. The first-order valence-electron chi connectivity index (χ1n) is 5.09. The first-order chi connectivity index (χ1) is 8.60. The number of benzene rings is 1. The van der Waals surface area contributed by atoms with Gasteiger partial charge in [0.2, 0.25) is 0 Å². The van der Waals surface area contributed by atoms with Crippen LogP contribution in [0.1, 0.15) is 10.5 Å². The van der Waals surface area contributed by atoms with Crippen molar-refractivity contribution in [2.75, 3.05) is 12.4 Å². The Balaban J connectivity index is 2.21. The topological polar surface area (TPSA) is 54.1 Å². The lowest BCUT2D eigenvalue weighted by Crippen LogP contribution is -2.12. The van der Waals surface area contributed by atoms with E-state index in [4.69, 9.17) is 16.3 Å². The highest BCUT2D eigenvalue weighted by atomic mass is 79.9. The SMILES string of the molecule is COc1ccc(Cl)c(NC(=O)c2cc(Br)c[nH]2)c1. The summed E-state index contributed by atoms with van der Waals surface area (Å²) in [5, 5.41) is 3.17. The molecule has 0 bridgehead atoms. The number of amides is 1. The van der Waals surface area contributed by atoms with Crippen LogP contribution in [0.4, 0.5) is 5.69 Å². The quantitative estimate of drug-likeness (QED) is 0.902. The third-order valence-corrected chi connectivity index (χ3v) is 3.10. The number of methoxy groups -OCH3 is 1. The smallest absolute Gasteiger partial charge is 0.272 e. The summed E-state index contributed by atoms with van der Waals surface area (Å²) >= 11 is 9.27. The van der Waals surface area contributed by atoms with Crippen molar-refractivity contribution >= 4 is 39.1 Å². The van der Waals surface area contributed by atoms with Gasteiger partial charge in [0, 0.05) is 16.7 Å². The average molecular weight is 330 g/mol. The Morgan fingerprint density at radius 3 is 2.83 bits per heavy atom. The molecule has 94 valence electrons. The van der Waals surface area contributed by atoms with E-state index in [9.17, 15) is 4.79 Å². The van der Waals surface area contributed by atoms with Gasteiger partial charge in [-0.3, -0.25) is 4.79 Å². The maximum atomic E-state index is 11.9. The van der Waals surface area contributed by atoms with Gasteiger partial charge in [0.25, 0.3) is 5.91 Å². The third-order valence-electron chi connectivity index (χ3n) is 2.31. The first-order valence-corrected chi connectivity index (χ1v) is 6.26. The highest BCUT2D eigenvalue weighted by molar-refractivity contribution is 9.10. The number of hydrogen-bond acceptors (Lipinski definition) is 2. The standard InChI is InChI=1S/C12H10BrClN2O2/c1-18-8-2-3-9(14)10(5-8)16-12(17)11-4-7(13)6-15-11/h2-6,15H,1H3,(H,16,17). The molecule has 1 aromatic carbocycles. The summed E-state index contributed by atoms with van der Waals surface area (Å²) in [4.78, 5) is 14.8. The summed E-state index contributed by atoms with van der Waals surface area (Å²) in [6.45, 7) is 0. The number of carbonyl (C=O) groups excluding carboxylic acids is 1. The van der Waals surface area contributed by atoms with Crippen molar-refractivity contribution in [3.63, 3.8) is 0 Å². The number of ether oxygens (including phenoxy) is 1. The molecular formula is C12H10BrClN2O2. The van der Waals surface area contributed by atoms with Gasteiger partial charge in [0.1, 0.15) is 11.4 Å². The number of aromatic amines is 1. The van der Waals surface area contributed by atoms with Gasteiger partial charge in [-0.1, -0.05) is 11.6 Å². The fourth-order valence-electron chi connectivity index (χ4n) is 1.42. The lowest BCUT2D eigenvalue weighted by molar-refractivity contribution is 0.102. The van der Waals surface area contributed by atoms with Gasteiger partial charge in [-0.05, 0) is 34.1 Å². The molecule has 0 unspecified atom stereocenters. The number of hydrogen-bond donors (Lipinski definition) is 2. The van der Waals surface area contributed by atoms with Crippen LogP contribution in [-0.2, 0) is 0 Å². The van der Waals surface area contributed by atoms with Crippen molar-refractivity contribution in [1.29, 1.82) is 0 Å². The van der Waals surface area contributed by atoms with Gasteiger partial charge in [-0.15, -0.1) is 0 Å². The summed E-state index contributed by atoms with van der Waals surface area (Å²) in [7, 11) is 1.55. The molecule has 0 aliphatic carbocycles. The number of halogens is 2. The van der Waals surface area contributed by atoms with Crippen molar-refractivity contribution in [3.05, 3.63) is 45.7 Å². The second-order valence-electron chi connectivity index (χ2n) is 3.53. The van der Waals surface area contributed by atoms with E-state index in [2.05, 4.69) is 26.2 Å². The van der Waals surface area contributed by atoms with E-state index in [0.29, 0.717) is 22.2 Å². The van der Waals surface area contributed by atoms with E-state index < -0.39 is 0 Å². The normalized spacial score (nSPS) is 10.2. The Kier molecular flexibility index (Phi) is 3.93. The minimum atomic E-state index is -0.268. The molecule has 0 atom stereocenters. The van der Waals surface area contributed by atoms with Crippen LogP contribution in [0.15, 0.2) is 34.9 Å². The van der Waals surface area contributed by atoms with Gasteiger partial charge in [0.05, 0.1) is 17.8 Å². The van der Waals surface area contributed by atoms with E-state index >= 15 is 0 Å². The molecule has 1 heterocycles. The average Bonchev–Trinajstić information content (AvgIpc) is 2.79. The molecule has 2 rings (SSSR count). The first kappa shape index (κ1) is 13.0. The van der Waals surface area contributed by atoms with Gasteiger partial charge >= 0.3 is 0 Å². The van der Waals surface area contributed by atoms with E-state index in [1.54, 1.807) is 37.6 Å². The fourth-order valence-corrected chi connectivity index (χ4v) is 1.92. The van der Waals surface area contributed by atoms with Crippen LogP contribution in [0.5, 0.6) is 5.75 Å². The molecule has 4 nitrogen and oxygen atoms in total. The second kappa shape index (κ2) is 5.46. The van der Waals surface area contributed by atoms with Crippen molar-refractivity contribution < 1.29 is 9.53 Å². The summed E-state index contributed by atoms with van der Waals surface area (Å²) in [6, 6.07) is 6.74. The largest absolute Gasteiger partial charge is 0.497 e. The van der Waals surface area contributed by atoms with E-state index in [1.807, 2.05) is 0 Å².